The lowest BCUT2D eigenvalue weighted by atomic mass is 10.2. The highest BCUT2D eigenvalue weighted by Crippen LogP contribution is 2.18. The van der Waals surface area contributed by atoms with E-state index in [9.17, 15) is 9.59 Å². The lowest BCUT2D eigenvalue weighted by Crippen LogP contribution is -2.43. The Morgan fingerprint density at radius 1 is 1.36 bits per heavy atom. The number of ether oxygens (including phenoxy) is 1. The van der Waals surface area contributed by atoms with Gasteiger partial charge in [0.15, 0.2) is 0 Å². The number of amides is 1. The minimum atomic E-state index is -0.294. The molecule has 1 aromatic carbocycles. The summed E-state index contributed by atoms with van der Waals surface area (Å²) in [5.74, 6) is -0.267. The summed E-state index contributed by atoms with van der Waals surface area (Å²) in [4.78, 5) is 27.6. The fourth-order valence-electron chi connectivity index (χ4n) is 2.66. The van der Waals surface area contributed by atoms with Gasteiger partial charge in [-0.05, 0) is 37.1 Å². The van der Waals surface area contributed by atoms with Crippen molar-refractivity contribution < 1.29 is 14.3 Å². The monoisotopic (exact) mass is 324 g/mol. The van der Waals surface area contributed by atoms with Crippen LogP contribution in [0.4, 0.5) is 0 Å². The van der Waals surface area contributed by atoms with Crippen LogP contribution >= 0.6 is 11.6 Å². The molecule has 1 saturated heterocycles. The van der Waals surface area contributed by atoms with Gasteiger partial charge in [-0.2, -0.15) is 0 Å². The Morgan fingerprint density at radius 3 is 2.68 bits per heavy atom. The SMILES string of the molecule is COC(=O)[C@H]1CCCN1CC(=O)N(C)Cc1ccc(Cl)cc1. The van der Waals surface area contributed by atoms with Crippen molar-refractivity contribution in [3.05, 3.63) is 34.9 Å². The number of benzene rings is 1. The van der Waals surface area contributed by atoms with Crippen molar-refractivity contribution in [3.63, 3.8) is 0 Å². The van der Waals surface area contributed by atoms with Crippen molar-refractivity contribution >= 4 is 23.5 Å². The summed E-state index contributed by atoms with van der Waals surface area (Å²) in [5, 5.41) is 0.677. The standard InChI is InChI=1S/C16H21ClN2O3/c1-18(10-12-5-7-13(17)8-6-12)15(20)11-19-9-3-4-14(19)16(21)22-2/h5-8,14H,3-4,9-11H2,1-2H3/t14-/m1/s1. The van der Waals surface area contributed by atoms with E-state index in [2.05, 4.69) is 0 Å². The van der Waals surface area contributed by atoms with Gasteiger partial charge in [0.25, 0.3) is 0 Å². The van der Waals surface area contributed by atoms with Crippen LogP contribution in [0.3, 0.4) is 0 Å². The highest BCUT2D eigenvalue weighted by Gasteiger charge is 2.33. The van der Waals surface area contributed by atoms with Crippen molar-refractivity contribution in [3.8, 4) is 0 Å². The number of rotatable bonds is 5. The second-order valence-corrected chi connectivity index (χ2v) is 5.96. The van der Waals surface area contributed by atoms with E-state index in [1.165, 1.54) is 7.11 Å². The molecule has 0 unspecified atom stereocenters. The zero-order chi connectivity index (χ0) is 16.1. The third-order valence-corrected chi connectivity index (χ3v) is 4.19. The van der Waals surface area contributed by atoms with Gasteiger partial charge in [0, 0.05) is 18.6 Å². The number of halogens is 1. The molecule has 1 fully saturated rings. The molecule has 0 saturated carbocycles. The molecular formula is C16H21ClN2O3. The maximum Gasteiger partial charge on any atom is 0.323 e. The summed E-state index contributed by atoms with van der Waals surface area (Å²) in [7, 11) is 3.15. The highest BCUT2D eigenvalue weighted by atomic mass is 35.5. The Balaban J connectivity index is 1.90. The summed E-state index contributed by atoms with van der Waals surface area (Å²) >= 11 is 5.85. The van der Waals surface area contributed by atoms with E-state index in [1.54, 1.807) is 11.9 Å². The number of methoxy groups -OCH3 is 1. The molecule has 0 spiro atoms. The van der Waals surface area contributed by atoms with Gasteiger partial charge in [-0.25, -0.2) is 0 Å². The van der Waals surface area contributed by atoms with Crippen LogP contribution in [0.25, 0.3) is 0 Å². The first-order chi connectivity index (χ1) is 10.5. The molecular weight excluding hydrogens is 304 g/mol. The Kier molecular flexibility index (Phi) is 5.80. The Hall–Kier alpha value is -1.59. The zero-order valence-electron chi connectivity index (χ0n) is 12.9. The first-order valence-electron chi connectivity index (χ1n) is 7.31. The molecule has 1 amide bonds. The second kappa shape index (κ2) is 7.61. The van der Waals surface area contributed by atoms with Gasteiger partial charge in [0.2, 0.25) is 5.91 Å². The van der Waals surface area contributed by atoms with Gasteiger partial charge < -0.3 is 9.64 Å². The molecule has 0 bridgehead atoms. The van der Waals surface area contributed by atoms with Gasteiger partial charge in [-0.3, -0.25) is 14.5 Å². The molecule has 0 radical (unpaired) electrons. The van der Waals surface area contributed by atoms with E-state index in [0.717, 1.165) is 24.9 Å². The average Bonchev–Trinajstić information content (AvgIpc) is 2.96. The number of carbonyl (C=O) groups excluding carboxylic acids is 2. The predicted octanol–water partition coefficient (Wildman–Crippen LogP) is 1.94. The maximum atomic E-state index is 12.3. The number of hydrogen-bond acceptors (Lipinski definition) is 4. The Bertz CT molecular complexity index is 533. The van der Waals surface area contributed by atoms with Crippen LogP contribution in [-0.2, 0) is 20.9 Å². The molecule has 1 aliphatic rings. The second-order valence-electron chi connectivity index (χ2n) is 5.53. The average molecular weight is 325 g/mol. The predicted molar refractivity (Wildman–Crippen MR) is 84.5 cm³/mol. The number of carbonyl (C=O) groups is 2. The van der Waals surface area contributed by atoms with Crippen molar-refractivity contribution in [2.75, 3.05) is 27.2 Å². The maximum absolute atomic E-state index is 12.3. The molecule has 2 rings (SSSR count). The highest BCUT2D eigenvalue weighted by molar-refractivity contribution is 6.30. The van der Waals surface area contributed by atoms with Crippen LogP contribution in [0.5, 0.6) is 0 Å². The fourth-order valence-corrected chi connectivity index (χ4v) is 2.79. The zero-order valence-corrected chi connectivity index (χ0v) is 13.7. The summed E-state index contributed by atoms with van der Waals surface area (Å²) in [6.45, 7) is 1.51. The largest absolute Gasteiger partial charge is 0.468 e. The van der Waals surface area contributed by atoms with Crippen LogP contribution < -0.4 is 0 Å². The van der Waals surface area contributed by atoms with E-state index in [-0.39, 0.29) is 24.5 Å². The topological polar surface area (TPSA) is 49.9 Å². The van der Waals surface area contributed by atoms with Gasteiger partial charge >= 0.3 is 5.97 Å². The minimum Gasteiger partial charge on any atom is -0.468 e. The normalized spacial score (nSPS) is 18.2. The lowest BCUT2D eigenvalue weighted by Gasteiger charge is -2.25. The van der Waals surface area contributed by atoms with E-state index in [0.29, 0.717) is 11.6 Å². The van der Waals surface area contributed by atoms with E-state index in [1.807, 2.05) is 29.2 Å². The molecule has 1 heterocycles. The summed E-state index contributed by atoms with van der Waals surface area (Å²) in [6, 6.07) is 7.13. The van der Waals surface area contributed by atoms with Crippen molar-refractivity contribution in [1.82, 2.24) is 9.80 Å². The smallest absolute Gasteiger partial charge is 0.323 e. The van der Waals surface area contributed by atoms with Crippen LogP contribution in [0.2, 0.25) is 5.02 Å². The molecule has 22 heavy (non-hydrogen) atoms. The number of nitrogens with zero attached hydrogens (tertiary/aromatic N) is 2. The quantitative estimate of drug-likeness (QED) is 0.777. The molecule has 0 aliphatic carbocycles. The van der Waals surface area contributed by atoms with E-state index >= 15 is 0 Å². The van der Waals surface area contributed by atoms with Crippen LogP contribution in [0.1, 0.15) is 18.4 Å². The van der Waals surface area contributed by atoms with Gasteiger partial charge in [-0.1, -0.05) is 23.7 Å². The molecule has 0 aromatic heterocycles. The molecule has 6 heteroatoms. The third kappa shape index (κ3) is 4.21. The Morgan fingerprint density at radius 2 is 2.05 bits per heavy atom. The van der Waals surface area contributed by atoms with Crippen molar-refractivity contribution in [2.45, 2.75) is 25.4 Å². The number of likely N-dealkylation sites (tertiary alicyclic amines) is 1. The van der Waals surface area contributed by atoms with E-state index in [4.69, 9.17) is 16.3 Å². The van der Waals surface area contributed by atoms with Gasteiger partial charge in [-0.15, -0.1) is 0 Å². The summed E-state index contributed by atoms with van der Waals surface area (Å²) < 4.78 is 4.80. The Labute approximate surface area is 135 Å². The van der Waals surface area contributed by atoms with Crippen molar-refractivity contribution in [2.24, 2.45) is 0 Å². The number of esters is 1. The fraction of sp³-hybridized carbons (Fsp3) is 0.500. The lowest BCUT2D eigenvalue weighted by molar-refractivity contribution is -0.146. The molecule has 1 aliphatic heterocycles. The number of hydrogen-bond donors (Lipinski definition) is 0. The number of likely N-dealkylation sites (N-methyl/N-ethyl adjacent to an activating group) is 1. The first-order valence-corrected chi connectivity index (χ1v) is 7.69. The first kappa shape index (κ1) is 16.8. The van der Waals surface area contributed by atoms with E-state index < -0.39 is 0 Å². The van der Waals surface area contributed by atoms with Crippen LogP contribution in [0.15, 0.2) is 24.3 Å². The molecule has 120 valence electrons. The van der Waals surface area contributed by atoms with Gasteiger partial charge in [0.1, 0.15) is 6.04 Å². The molecule has 1 aromatic rings. The summed E-state index contributed by atoms with van der Waals surface area (Å²) in [5.41, 5.74) is 1.02. The molecule has 0 N–H and O–H groups in total. The van der Waals surface area contributed by atoms with Gasteiger partial charge in [0.05, 0.1) is 13.7 Å². The van der Waals surface area contributed by atoms with Crippen LogP contribution in [0, 0.1) is 0 Å². The summed E-state index contributed by atoms with van der Waals surface area (Å²) in [6.07, 6.45) is 1.66. The minimum absolute atomic E-state index is 0.00856. The van der Waals surface area contributed by atoms with Crippen LogP contribution in [-0.4, -0.2) is 55.0 Å². The molecule has 5 nitrogen and oxygen atoms in total. The third-order valence-electron chi connectivity index (χ3n) is 3.93. The molecule has 1 atom stereocenters. The van der Waals surface area contributed by atoms with Crippen molar-refractivity contribution in [1.29, 1.82) is 0 Å².